The highest BCUT2D eigenvalue weighted by Crippen LogP contribution is 2.35. The summed E-state index contributed by atoms with van der Waals surface area (Å²) in [5.74, 6) is 0.305. The first-order chi connectivity index (χ1) is 13.6. The molecule has 6 N–H and O–H groups in total. The fraction of sp³-hybridized carbons (Fsp3) is 0.312. The molecule has 0 bridgehead atoms. The van der Waals surface area contributed by atoms with Gasteiger partial charge in [0.05, 0.1) is 12.8 Å². The van der Waals surface area contributed by atoms with E-state index in [4.69, 9.17) is 10.5 Å². The first kappa shape index (κ1) is 18.2. The van der Waals surface area contributed by atoms with Crippen molar-refractivity contribution in [3.05, 3.63) is 36.4 Å². The maximum absolute atomic E-state index is 10.4. The number of nitrogens with two attached hydrogens (primary N) is 1. The number of rotatable bonds is 5. The van der Waals surface area contributed by atoms with Gasteiger partial charge in [-0.25, -0.2) is 20.4 Å². The quantitative estimate of drug-likeness (QED) is 0.266. The van der Waals surface area contributed by atoms with Crippen LogP contribution in [0.4, 0.5) is 11.8 Å². The average molecular weight is 386 g/mol. The molecule has 4 heterocycles. The van der Waals surface area contributed by atoms with Crippen molar-refractivity contribution >= 4 is 29.1 Å². The lowest BCUT2D eigenvalue weighted by Crippen LogP contribution is -2.33. The minimum Gasteiger partial charge on any atom is -0.394 e. The molecule has 0 amide bonds. The highest BCUT2D eigenvalue weighted by molar-refractivity contribution is 5.84. The number of aliphatic hydroxyl groups is 3. The molecule has 12 heteroatoms. The first-order valence-electron chi connectivity index (χ1n) is 8.40. The van der Waals surface area contributed by atoms with Crippen LogP contribution in [-0.4, -0.2) is 71.0 Å². The fourth-order valence-corrected chi connectivity index (χ4v) is 2.95. The third-order valence-corrected chi connectivity index (χ3v) is 4.36. The summed E-state index contributed by atoms with van der Waals surface area (Å²) in [5, 5.41) is 34.0. The van der Waals surface area contributed by atoms with Crippen molar-refractivity contribution in [1.29, 1.82) is 0 Å². The van der Waals surface area contributed by atoms with Crippen LogP contribution < -0.4 is 11.2 Å². The molecule has 0 aliphatic carbocycles. The van der Waals surface area contributed by atoms with E-state index in [1.165, 1.54) is 10.9 Å². The maximum Gasteiger partial charge on any atom is 0.228 e. The Kier molecular flexibility index (Phi) is 4.83. The fourth-order valence-electron chi connectivity index (χ4n) is 2.95. The van der Waals surface area contributed by atoms with Crippen LogP contribution >= 0.6 is 0 Å². The van der Waals surface area contributed by atoms with Crippen LogP contribution in [0.5, 0.6) is 0 Å². The van der Waals surface area contributed by atoms with Crippen LogP contribution in [0.15, 0.2) is 36.0 Å². The van der Waals surface area contributed by atoms with E-state index in [0.29, 0.717) is 0 Å². The number of hydrazone groups is 1. The second-order valence-electron chi connectivity index (χ2n) is 6.12. The van der Waals surface area contributed by atoms with Gasteiger partial charge in [-0.2, -0.15) is 5.10 Å². The van der Waals surface area contributed by atoms with E-state index in [1.54, 1.807) is 30.7 Å². The predicted octanol–water partition coefficient (Wildman–Crippen LogP) is -1.14. The van der Waals surface area contributed by atoms with Crippen LogP contribution in [0.25, 0.3) is 11.2 Å². The molecule has 1 fully saturated rings. The average Bonchev–Trinajstić information content (AvgIpc) is 3.21. The van der Waals surface area contributed by atoms with Gasteiger partial charge in [-0.3, -0.25) is 9.55 Å². The second-order valence-corrected chi connectivity index (χ2v) is 6.12. The minimum absolute atomic E-state index is 0.136. The normalized spacial score (nSPS) is 25.0. The van der Waals surface area contributed by atoms with E-state index in [2.05, 4.69) is 30.5 Å². The second kappa shape index (κ2) is 7.44. The Morgan fingerprint density at radius 1 is 1.25 bits per heavy atom. The molecule has 1 saturated heterocycles. The van der Waals surface area contributed by atoms with Gasteiger partial charge in [0, 0.05) is 12.4 Å². The summed E-state index contributed by atoms with van der Waals surface area (Å²) in [4.78, 5) is 16.3. The monoisotopic (exact) mass is 386 g/mol. The molecule has 4 atom stereocenters. The number of nitrogens with zero attached hydrogens (tertiary/aromatic N) is 6. The molecule has 3 aromatic rings. The number of fused-ring (bicyclic) bond motifs is 1. The smallest absolute Gasteiger partial charge is 0.228 e. The zero-order chi connectivity index (χ0) is 19.7. The number of aliphatic hydroxyl groups excluding tert-OH is 3. The minimum atomic E-state index is -1.32. The molecular formula is C16H18N8O4. The highest BCUT2D eigenvalue weighted by Gasteiger charge is 2.45. The summed E-state index contributed by atoms with van der Waals surface area (Å²) in [6.45, 7) is -0.457. The van der Waals surface area contributed by atoms with Gasteiger partial charge >= 0.3 is 0 Å². The van der Waals surface area contributed by atoms with Gasteiger partial charge in [-0.05, 0) is 17.7 Å². The van der Waals surface area contributed by atoms with Gasteiger partial charge in [0.2, 0.25) is 5.95 Å². The molecule has 146 valence electrons. The van der Waals surface area contributed by atoms with Gasteiger partial charge in [0.1, 0.15) is 24.6 Å². The third kappa shape index (κ3) is 3.14. The van der Waals surface area contributed by atoms with Crippen molar-refractivity contribution in [2.75, 3.05) is 17.8 Å². The summed E-state index contributed by atoms with van der Waals surface area (Å²) >= 11 is 0. The van der Waals surface area contributed by atoms with Gasteiger partial charge in [0.25, 0.3) is 0 Å². The highest BCUT2D eigenvalue weighted by atomic mass is 16.6. The van der Waals surface area contributed by atoms with Crippen molar-refractivity contribution in [3.63, 3.8) is 0 Å². The van der Waals surface area contributed by atoms with Crippen LogP contribution in [-0.2, 0) is 4.74 Å². The van der Waals surface area contributed by atoms with E-state index >= 15 is 0 Å². The van der Waals surface area contributed by atoms with E-state index in [-0.39, 0.29) is 22.9 Å². The predicted molar refractivity (Wildman–Crippen MR) is 98.2 cm³/mol. The molecular weight excluding hydrogens is 368 g/mol. The maximum atomic E-state index is 10.4. The van der Waals surface area contributed by atoms with Gasteiger partial charge in [-0.15, -0.1) is 0 Å². The van der Waals surface area contributed by atoms with Crippen LogP contribution in [0.1, 0.15) is 11.8 Å². The van der Waals surface area contributed by atoms with E-state index < -0.39 is 31.1 Å². The molecule has 1 aliphatic rings. The lowest BCUT2D eigenvalue weighted by Gasteiger charge is -2.18. The molecule has 1 aliphatic heterocycles. The molecule has 0 aromatic carbocycles. The van der Waals surface area contributed by atoms with E-state index in [1.807, 2.05) is 0 Å². The number of pyridine rings is 1. The number of nitrogen functional groups attached to an aromatic ring is 1. The Balaban J connectivity index is 1.73. The van der Waals surface area contributed by atoms with Crippen molar-refractivity contribution in [2.24, 2.45) is 5.10 Å². The number of hydrogen-bond donors (Lipinski definition) is 5. The van der Waals surface area contributed by atoms with Crippen molar-refractivity contribution in [2.45, 2.75) is 24.5 Å². The Morgan fingerprint density at radius 3 is 2.75 bits per heavy atom. The first-order valence-corrected chi connectivity index (χ1v) is 8.40. The van der Waals surface area contributed by atoms with Crippen molar-refractivity contribution in [3.8, 4) is 0 Å². The number of nitrogens with one attached hydrogen (secondary N) is 1. The SMILES string of the molecule is Nc1ncnc2c1nc(N/N=C\c1ccncc1)n2[C@H]1O[C@@H](CO)[C@H](O)[C@@H]1O. The van der Waals surface area contributed by atoms with Crippen LogP contribution in [0.3, 0.4) is 0 Å². The number of anilines is 2. The molecule has 0 saturated carbocycles. The van der Waals surface area contributed by atoms with E-state index in [9.17, 15) is 15.3 Å². The molecule has 28 heavy (non-hydrogen) atoms. The summed E-state index contributed by atoms with van der Waals surface area (Å²) in [5.41, 5.74) is 10.0. The Bertz CT molecular complexity index is 995. The van der Waals surface area contributed by atoms with Gasteiger partial charge < -0.3 is 25.8 Å². The van der Waals surface area contributed by atoms with Crippen molar-refractivity contribution in [1.82, 2.24) is 24.5 Å². The molecule has 0 spiro atoms. The number of aromatic nitrogens is 5. The summed E-state index contributed by atoms with van der Waals surface area (Å²) in [6, 6.07) is 3.54. The Labute approximate surface area is 158 Å². The van der Waals surface area contributed by atoms with Gasteiger partial charge in [0.15, 0.2) is 23.2 Å². The molecule has 0 unspecified atom stereocenters. The Hall–Kier alpha value is -3.19. The molecule has 4 rings (SSSR count). The molecule has 0 radical (unpaired) electrons. The van der Waals surface area contributed by atoms with Crippen LogP contribution in [0, 0.1) is 0 Å². The Morgan fingerprint density at radius 2 is 2.04 bits per heavy atom. The zero-order valence-corrected chi connectivity index (χ0v) is 14.5. The topological polar surface area (TPSA) is 177 Å². The molecule has 12 nitrogen and oxygen atoms in total. The lowest BCUT2D eigenvalue weighted by molar-refractivity contribution is -0.0501. The number of hydrogen-bond acceptors (Lipinski definition) is 11. The van der Waals surface area contributed by atoms with E-state index in [0.717, 1.165) is 5.56 Å². The summed E-state index contributed by atoms with van der Waals surface area (Å²) in [7, 11) is 0. The standard InChI is InChI=1S/C16H18N8O4/c17-13-10-14(20-7-19-13)24(15-12(27)11(26)9(6-25)28-15)16(22-10)23-21-5-8-1-3-18-4-2-8/h1-5,7,9,11-12,15,25-27H,6H2,(H,22,23)(H2,17,19,20)/b21-5-/t9-,11-,12-,15-/m0/s1. The zero-order valence-electron chi connectivity index (χ0n) is 14.5. The lowest BCUT2D eigenvalue weighted by atomic mass is 10.1. The van der Waals surface area contributed by atoms with Gasteiger partial charge in [-0.1, -0.05) is 0 Å². The van der Waals surface area contributed by atoms with Crippen LogP contribution in [0.2, 0.25) is 0 Å². The summed E-state index contributed by atoms with van der Waals surface area (Å²) < 4.78 is 7.02. The number of imidazole rings is 1. The largest absolute Gasteiger partial charge is 0.394 e. The summed E-state index contributed by atoms with van der Waals surface area (Å²) in [6.07, 6.45) is 1.45. The third-order valence-electron chi connectivity index (χ3n) is 4.36. The number of ether oxygens (including phenoxy) is 1. The van der Waals surface area contributed by atoms with Crippen molar-refractivity contribution < 1.29 is 20.1 Å². The molecule has 3 aromatic heterocycles.